The lowest BCUT2D eigenvalue weighted by atomic mass is 9.96. The van der Waals surface area contributed by atoms with Crippen LogP contribution in [0.1, 0.15) is 6.92 Å². The van der Waals surface area contributed by atoms with Gasteiger partial charge in [0, 0.05) is 30.2 Å². The summed E-state index contributed by atoms with van der Waals surface area (Å²) in [6.07, 6.45) is -5.82. The molecule has 2 aromatic rings. The van der Waals surface area contributed by atoms with E-state index in [1.54, 1.807) is 6.92 Å². The molecule has 4 N–H and O–H groups in total. The van der Waals surface area contributed by atoms with E-state index >= 15 is 0 Å². The average Bonchev–Trinajstić information content (AvgIpc) is 3.11. The number of carbonyl (C=O) groups is 1. The first-order valence-electron chi connectivity index (χ1n) is 7.96. The number of benzene rings is 1. The van der Waals surface area contributed by atoms with Crippen LogP contribution < -0.4 is 10.6 Å². The second-order valence-corrected chi connectivity index (χ2v) is 6.30. The van der Waals surface area contributed by atoms with Crippen molar-refractivity contribution in [2.45, 2.75) is 19.5 Å². The summed E-state index contributed by atoms with van der Waals surface area (Å²) in [5.74, 6) is -3.56. The van der Waals surface area contributed by atoms with Gasteiger partial charge in [-0.3, -0.25) is 10.1 Å². The van der Waals surface area contributed by atoms with E-state index in [1.165, 1.54) is 0 Å². The molecule has 0 radical (unpaired) electrons. The number of rotatable bonds is 3. The van der Waals surface area contributed by atoms with Crippen LogP contribution in [0.25, 0.3) is 11.3 Å². The molecule has 1 aromatic carbocycles. The molecule has 0 aliphatic carbocycles. The number of aromatic nitrogens is 2. The maximum Gasteiger partial charge on any atom is 0.505 e. The molecule has 146 valence electrons. The minimum absolute atomic E-state index is 0.165. The maximum atomic E-state index is 13.5. The van der Waals surface area contributed by atoms with E-state index in [1.807, 2.05) is 0 Å². The van der Waals surface area contributed by atoms with Gasteiger partial charge in [-0.2, -0.15) is 4.68 Å². The zero-order valence-corrected chi connectivity index (χ0v) is 14.0. The van der Waals surface area contributed by atoms with Gasteiger partial charge in [0.1, 0.15) is 17.8 Å². The molecule has 1 saturated heterocycles. The number of amides is 1. The van der Waals surface area contributed by atoms with E-state index in [-0.39, 0.29) is 22.6 Å². The molecule has 0 spiro atoms. The lowest BCUT2D eigenvalue weighted by Crippen LogP contribution is -2.29. The van der Waals surface area contributed by atoms with E-state index in [9.17, 15) is 32.6 Å². The number of nitrogens with one attached hydrogen (secondary N) is 2. The number of aliphatic hydroxyl groups is 1. The number of nitrogens with zero attached hydrogens (tertiary/aromatic N) is 2. The molecule has 2 heterocycles. The van der Waals surface area contributed by atoms with Gasteiger partial charge in [-0.05, 0) is 12.1 Å². The number of phenolic OH excluding ortho intramolecular Hbond substituents is 1. The fourth-order valence-electron chi connectivity index (χ4n) is 2.95. The van der Waals surface area contributed by atoms with Crippen LogP contribution in [0, 0.1) is 17.7 Å². The predicted molar refractivity (Wildman–Crippen MR) is 85.9 cm³/mol. The molecule has 27 heavy (non-hydrogen) atoms. The summed E-state index contributed by atoms with van der Waals surface area (Å²) in [5.41, 5.74) is -0.811. The van der Waals surface area contributed by atoms with E-state index in [2.05, 4.69) is 15.7 Å². The summed E-state index contributed by atoms with van der Waals surface area (Å²) < 4.78 is 53.0. The SMILES string of the molecule is C[C@H]1C(O)NC[C@@H]1C(=O)Nc1cc(-c2cc(O)cc(F)c2)n(C(F)(F)F)n1. The highest BCUT2D eigenvalue weighted by Gasteiger charge is 2.38. The largest absolute Gasteiger partial charge is 0.508 e. The Morgan fingerprint density at radius 2 is 2.04 bits per heavy atom. The molecule has 1 unspecified atom stereocenters. The Balaban J connectivity index is 1.94. The quantitative estimate of drug-likeness (QED) is 0.603. The van der Waals surface area contributed by atoms with E-state index in [4.69, 9.17) is 0 Å². The molecular formula is C16H16F4N4O3. The molecule has 7 nitrogen and oxygen atoms in total. The van der Waals surface area contributed by atoms with Crippen molar-refractivity contribution in [1.29, 1.82) is 0 Å². The van der Waals surface area contributed by atoms with Crippen molar-refractivity contribution in [3.05, 3.63) is 30.1 Å². The Hall–Kier alpha value is -2.66. The third kappa shape index (κ3) is 3.88. The first-order valence-corrected chi connectivity index (χ1v) is 7.96. The molecule has 11 heteroatoms. The van der Waals surface area contributed by atoms with E-state index < -0.39 is 47.5 Å². The molecule has 1 aliphatic heterocycles. The molecule has 0 saturated carbocycles. The Morgan fingerprint density at radius 1 is 1.33 bits per heavy atom. The van der Waals surface area contributed by atoms with Gasteiger partial charge < -0.3 is 15.5 Å². The van der Waals surface area contributed by atoms with Crippen molar-refractivity contribution in [2.24, 2.45) is 11.8 Å². The highest BCUT2D eigenvalue weighted by Crippen LogP contribution is 2.34. The molecule has 1 fully saturated rings. The number of aliphatic hydroxyl groups excluding tert-OH is 1. The van der Waals surface area contributed by atoms with Gasteiger partial charge in [-0.1, -0.05) is 6.92 Å². The van der Waals surface area contributed by atoms with Crippen LogP contribution in [0.2, 0.25) is 0 Å². The Labute approximate surface area is 150 Å². The summed E-state index contributed by atoms with van der Waals surface area (Å²) in [6.45, 7) is 1.79. The average molecular weight is 388 g/mol. The topological polar surface area (TPSA) is 99.4 Å². The van der Waals surface area contributed by atoms with E-state index in [0.717, 1.165) is 24.3 Å². The monoisotopic (exact) mass is 388 g/mol. The molecule has 3 atom stereocenters. The summed E-state index contributed by atoms with van der Waals surface area (Å²) >= 11 is 0. The van der Waals surface area contributed by atoms with Crippen molar-refractivity contribution >= 4 is 11.7 Å². The van der Waals surface area contributed by atoms with Crippen molar-refractivity contribution in [1.82, 2.24) is 15.1 Å². The highest BCUT2D eigenvalue weighted by atomic mass is 19.4. The first kappa shape index (κ1) is 19.1. The zero-order valence-electron chi connectivity index (χ0n) is 14.0. The smallest absolute Gasteiger partial charge is 0.505 e. The molecule has 1 aromatic heterocycles. The summed E-state index contributed by atoms with van der Waals surface area (Å²) in [4.78, 5) is 12.3. The Kier molecular flexibility index (Phi) is 4.82. The third-order valence-corrected chi connectivity index (χ3v) is 4.40. The number of halogens is 4. The van der Waals surface area contributed by atoms with Gasteiger partial charge in [0.05, 0.1) is 11.6 Å². The van der Waals surface area contributed by atoms with Crippen molar-refractivity contribution in [3.63, 3.8) is 0 Å². The number of phenols is 1. The van der Waals surface area contributed by atoms with E-state index in [0.29, 0.717) is 0 Å². The Bertz CT molecular complexity index is 848. The second kappa shape index (κ2) is 6.82. The summed E-state index contributed by atoms with van der Waals surface area (Å²) in [6, 6.07) is 3.44. The van der Waals surface area contributed by atoms with Crippen molar-refractivity contribution in [2.75, 3.05) is 11.9 Å². The van der Waals surface area contributed by atoms with Gasteiger partial charge in [0.25, 0.3) is 0 Å². The first-order chi connectivity index (χ1) is 12.6. The van der Waals surface area contributed by atoms with Crippen LogP contribution in [0.4, 0.5) is 23.4 Å². The zero-order chi connectivity index (χ0) is 19.9. The van der Waals surface area contributed by atoms with Gasteiger partial charge in [0.2, 0.25) is 5.91 Å². The standard InChI is InChI=1S/C16H16F4N4O3/c1-7-11(6-21-14(7)26)15(27)22-13-5-12(24(23-13)16(18,19)20)8-2-9(17)4-10(25)3-8/h2-5,7,11,14,21,25-26H,6H2,1H3,(H,22,23,27)/t7-,11+,14?/m1/s1. The summed E-state index contributed by atoms with van der Waals surface area (Å²) in [5, 5.41) is 27.4. The number of carbonyl (C=O) groups excluding carboxylic acids is 1. The van der Waals surface area contributed by atoms with Crippen LogP contribution in [-0.2, 0) is 11.1 Å². The van der Waals surface area contributed by atoms with Gasteiger partial charge in [-0.25, -0.2) is 4.39 Å². The van der Waals surface area contributed by atoms with Gasteiger partial charge in [0.15, 0.2) is 5.82 Å². The molecule has 0 bridgehead atoms. The number of hydrogen-bond acceptors (Lipinski definition) is 5. The van der Waals surface area contributed by atoms with Gasteiger partial charge >= 0.3 is 6.30 Å². The van der Waals surface area contributed by atoms with Gasteiger partial charge in [-0.15, -0.1) is 18.3 Å². The number of hydrogen-bond donors (Lipinski definition) is 4. The minimum Gasteiger partial charge on any atom is -0.508 e. The predicted octanol–water partition coefficient (Wildman–Crippen LogP) is 1.98. The van der Waals surface area contributed by atoms with Crippen LogP contribution in [0.3, 0.4) is 0 Å². The highest BCUT2D eigenvalue weighted by molar-refractivity contribution is 5.92. The summed E-state index contributed by atoms with van der Waals surface area (Å²) in [7, 11) is 0. The van der Waals surface area contributed by atoms with Crippen LogP contribution >= 0.6 is 0 Å². The van der Waals surface area contributed by atoms with Crippen molar-refractivity contribution < 1.29 is 32.6 Å². The van der Waals surface area contributed by atoms with Crippen LogP contribution in [-0.4, -0.2) is 38.7 Å². The van der Waals surface area contributed by atoms with Crippen LogP contribution in [0.15, 0.2) is 24.3 Å². The maximum absolute atomic E-state index is 13.5. The third-order valence-electron chi connectivity index (χ3n) is 4.40. The molecular weight excluding hydrogens is 372 g/mol. The second-order valence-electron chi connectivity index (χ2n) is 6.30. The molecule has 1 aliphatic rings. The lowest BCUT2D eigenvalue weighted by Gasteiger charge is -2.14. The van der Waals surface area contributed by atoms with Crippen molar-refractivity contribution in [3.8, 4) is 17.0 Å². The minimum atomic E-state index is -4.93. The fraction of sp³-hybridized carbons (Fsp3) is 0.375. The fourth-order valence-corrected chi connectivity index (χ4v) is 2.95. The van der Waals surface area contributed by atoms with Crippen LogP contribution in [0.5, 0.6) is 5.75 Å². The number of aromatic hydroxyl groups is 1. The number of alkyl halides is 3. The normalized spacial score (nSPS) is 22.8. The molecule has 1 amide bonds. The number of anilines is 1. The lowest BCUT2D eigenvalue weighted by molar-refractivity contribution is -0.210. The molecule has 3 rings (SSSR count). The Morgan fingerprint density at radius 3 is 2.59 bits per heavy atom.